The van der Waals surface area contributed by atoms with Crippen LogP contribution in [0.2, 0.25) is 23.2 Å². The zero-order valence-corrected chi connectivity index (χ0v) is 20.5. The molecule has 0 spiro atoms. The molecular weight excluding hydrogens is 419 g/mol. The zero-order chi connectivity index (χ0) is 21.7. The van der Waals surface area contributed by atoms with Gasteiger partial charge in [0.1, 0.15) is 0 Å². The number of allylic oxidation sites excluding steroid dienone is 4. The number of hydrogen-bond acceptors (Lipinski definition) is 0. The highest BCUT2D eigenvalue weighted by atomic mass is 35.5. The van der Waals surface area contributed by atoms with Crippen LogP contribution in [-0.4, -0.2) is 8.80 Å². The van der Waals surface area contributed by atoms with Gasteiger partial charge >= 0.3 is 0 Å². The van der Waals surface area contributed by atoms with E-state index >= 15 is 4.39 Å². The van der Waals surface area contributed by atoms with Crippen molar-refractivity contribution < 1.29 is 4.39 Å². The summed E-state index contributed by atoms with van der Waals surface area (Å²) in [6.45, 7) is 2.29. The standard InChI is InChI=1S/C28H34ClFSi/c1-2-3-6-17-31-18-14-22(15-19-31)24-10-8-16-28(30,21-24)27-13-5-4-12-26(27)23-9-7-11-25(29)20-23/h4-5,7-13,20-22,31H,2-3,6,14-19H2,1H3/t22-,28?,31-. The van der Waals surface area contributed by atoms with Crippen molar-refractivity contribution in [1.29, 1.82) is 0 Å². The summed E-state index contributed by atoms with van der Waals surface area (Å²) in [7, 11) is -0.555. The average Bonchev–Trinajstić information content (AvgIpc) is 2.80. The van der Waals surface area contributed by atoms with E-state index < -0.39 is 14.5 Å². The molecule has 1 unspecified atom stereocenters. The van der Waals surface area contributed by atoms with Crippen LogP contribution in [0.1, 0.15) is 51.0 Å². The fourth-order valence-electron chi connectivity index (χ4n) is 5.40. The third-order valence-corrected chi connectivity index (χ3v) is 10.9. The van der Waals surface area contributed by atoms with Crippen molar-refractivity contribution in [3.05, 3.63) is 82.9 Å². The second kappa shape index (κ2) is 10.3. The van der Waals surface area contributed by atoms with Gasteiger partial charge in [0.2, 0.25) is 0 Å². The topological polar surface area (TPSA) is 0 Å². The highest BCUT2D eigenvalue weighted by Crippen LogP contribution is 2.44. The maximum atomic E-state index is 16.5. The molecule has 1 aliphatic heterocycles. The number of alkyl halides is 1. The van der Waals surface area contributed by atoms with Gasteiger partial charge in [-0.15, -0.1) is 0 Å². The van der Waals surface area contributed by atoms with E-state index in [9.17, 15) is 0 Å². The summed E-state index contributed by atoms with van der Waals surface area (Å²) in [4.78, 5) is 0. The van der Waals surface area contributed by atoms with Gasteiger partial charge in [-0.3, -0.25) is 0 Å². The monoisotopic (exact) mass is 452 g/mol. The predicted octanol–water partition coefficient (Wildman–Crippen LogP) is 8.89. The number of benzene rings is 2. The summed E-state index contributed by atoms with van der Waals surface area (Å²) < 4.78 is 16.5. The van der Waals surface area contributed by atoms with Gasteiger partial charge in [-0.05, 0) is 53.7 Å². The molecule has 0 bridgehead atoms. The first-order valence-electron chi connectivity index (χ1n) is 12.0. The molecule has 0 aromatic heterocycles. The lowest BCUT2D eigenvalue weighted by Crippen LogP contribution is -2.25. The molecule has 31 heavy (non-hydrogen) atoms. The van der Waals surface area contributed by atoms with Crippen LogP contribution in [0.3, 0.4) is 0 Å². The van der Waals surface area contributed by atoms with E-state index in [-0.39, 0.29) is 0 Å². The first kappa shape index (κ1) is 22.5. The summed E-state index contributed by atoms with van der Waals surface area (Å²) in [6.07, 6.45) is 13.2. The molecule has 0 saturated carbocycles. The van der Waals surface area contributed by atoms with Gasteiger partial charge in [-0.25, -0.2) is 4.39 Å². The van der Waals surface area contributed by atoms with E-state index in [0.717, 1.165) is 16.7 Å². The fraction of sp³-hybridized carbons (Fsp3) is 0.429. The molecule has 3 heteroatoms. The van der Waals surface area contributed by atoms with E-state index in [1.807, 2.05) is 54.6 Å². The van der Waals surface area contributed by atoms with Gasteiger partial charge in [0.25, 0.3) is 0 Å². The predicted molar refractivity (Wildman–Crippen MR) is 135 cm³/mol. The molecule has 2 aromatic carbocycles. The summed E-state index contributed by atoms with van der Waals surface area (Å²) in [5, 5.41) is 0.680. The maximum absolute atomic E-state index is 16.5. The molecule has 1 saturated heterocycles. The van der Waals surface area contributed by atoms with E-state index in [2.05, 4.69) is 19.1 Å². The van der Waals surface area contributed by atoms with E-state index in [1.54, 1.807) is 0 Å². The van der Waals surface area contributed by atoms with Crippen LogP contribution in [0, 0.1) is 5.92 Å². The summed E-state index contributed by atoms with van der Waals surface area (Å²) in [5.41, 5.74) is 2.42. The number of rotatable bonds is 7. The Hall–Kier alpha value is -1.64. The highest BCUT2D eigenvalue weighted by molar-refractivity contribution is 6.59. The molecule has 1 aliphatic carbocycles. The Labute approximate surface area is 193 Å². The van der Waals surface area contributed by atoms with E-state index in [0.29, 0.717) is 17.4 Å². The van der Waals surface area contributed by atoms with Gasteiger partial charge in [-0.1, -0.05) is 104 Å². The fourth-order valence-corrected chi connectivity index (χ4v) is 9.07. The highest BCUT2D eigenvalue weighted by Gasteiger charge is 2.35. The molecule has 4 rings (SSSR count). The first-order valence-corrected chi connectivity index (χ1v) is 14.9. The molecule has 1 heterocycles. The quantitative estimate of drug-likeness (QED) is 0.290. The number of halogens is 2. The van der Waals surface area contributed by atoms with E-state index in [1.165, 1.54) is 55.8 Å². The Morgan fingerprint density at radius 3 is 2.65 bits per heavy atom. The Kier molecular flexibility index (Phi) is 7.50. The molecule has 0 amide bonds. The summed E-state index contributed by atoms with van der Waals surface area (Å²) in [5.74, 6) is 0.528. The normalized spacial score (nSPS) is 26.0. The third-order valence-electron chi connectivity index (χ3n) is 7.17. The summed E-state index contributed by atoms with van der Waals surface area (Å²) >= 11 is 6.23. The average molecular weight is 453 g/mol. The Morgan fingerprint density at radius 2 is 1.87 bits per heavy atom. The van der Waals surface area contributed by atoms with Gasteiger partial charge in [0, 0.05) is 25.8 Å². The molecule has 0 nitrogen and oxygen atoms in total. The van der Waals surface area contributed by atoms with Gasteiger partial charge in [0.05, 0.1) is 0 Å². The van der Waals surface area contributed by atoms with Crippen molar-refractivity contribution >= 4 is 20.4 Å². The maximum Gasteiger partial charge on any atom is 0.158 e. The van der Waals surface area contributed by atoms with Crippen LogP contribution in [0.15, 0.2) is 72.3 Å². The minimum absolute atomic E-state index is 0.398. The molecule has 0 radical (unpaired) electrons. The molecule has 1 atom stereocenters. The molecule has 2 aromatic rings. The zero-order valence-electron chi connectivity index (χ0n) is 18.6. The van der Waals surface area contributed by atoms with Gasteiger partial charge < -0.3 is 0 Å². The van der Waals surface area contributed by atoms with Crippen LogP contribution in [0.25, 0.3) is 11.1 Å². The SMILES string of the molecule is CCCCC[Si@H]1CC[C@H](C2=CC(F)(c3ccccc3-c3cccc(Cl)c3)CC=C2)CC1. The molecule has 164 valence electrons. The minimum atomic E-state index is -1.46. The first-order chi connectivity index (χ1) is 15.1. The minimum Gasteiger partial charge on any atom is -0.234 e. The smallest absolute Gasteiger partial charge is 0.158 e. The molecule has 1 fully saturated rings. The lowest BCUT2D eigenvalue weighted by molar-refractivity contribution is 0.233. The molecule has 0 N–H and O–H groups in total. The van der Waals surface area contributed by atoms with Crippen LogP contribution in [0.4, 0.5) is 4.39 Å². The van der Waals surface area contributed by atoms with E-state index in [4.69, 9.17) is 11.6 Å². The number of hydrogen-bond donors (Lipinski definition) is 0. The Bertz CT molecular complexity index is 942. The van der Waals surface area contributed by atoms with Gasteiger partial charge in [-0.2, -0.15) is 0 Å². The van der Waals surface area contributed by atoms with Crippen molar-refractivity contribution in [3.8, 4) is 11.1 Å². The largest absolute Gasteiger partial charge is 0.234 e. The van der Waals surface area contributed by atoms with Crippen molar-refractivity contribution in [2.24, 2.45) is 5.92 Å². The second-order valence-corrected chi connectivity index (χ2v) is 13.3. The van der Waals surface area contributed by atoms with Crippen molar-refractivity contribution in [2.75, 3.05) is 0 Å². The van der Waals surface area contributed by atoms with Crippen LogP contribution in [-0.2, 0) is 5.67 Å². The van der Waals surface area contributed by atoms with Crippen molar-refractivity contribution in [2.45, 2.75) is 69.2 Å². The Morgan fingerprint density at radius 1 is 1.06 bits per heavy atom. The lowest BCUT2D eigenvalue weighted by Gasteiger charge is -2.33. The van der Waals surface area contributed by atoms with Crippen molar-refractivity contribution in [1.82, 2.24) is 0 Å². The van der Waals surface area contributed by atoms with Crippen LogP contribution >= 0.6 is 11.6 Å². The van der Waals surface area contributed by atoms with Crippen LogP contribution < -0.4 is 0 Å². The Balaban J connectivity index is 1.54. The lowest BCUT2D eigenvalue weighted by atomic mass is 9.79. The van der Waals surface area contributed by atoms with Gasteiger partial charge in [0.15, 0.2) is 5.67 Å². The van der Waals surface area contributed by atoms with Crippen LogP contribution in [0.5, 0.6) is 0 Å². The van der Waals surface area contributed by atoms with Crippen molar-refractivity contribution in [3.63, 3.8) is 0 Å². The summed E-state index contributed by atoms with van der Waals surface area (Å²) in [6, 6.07) is 20.0. The second-order valence-electron chi connectivity index (χ2n) is 9.38. The molecule has 2 aliphatic rings. The third kappa shape index (κ3) is 5.41. The number of unbranched alkanes of at least 4 members (excludes halogenated alkanes) is 2. The molecular formula is C28H34ClFSi.